The third kappa shape index (κ3) is 1.92. The standard InChI is InChI=1S/C12H8O2S/c13-15(14,11-7-3-1-4-8-11)12-9-5-2-6-10-12/h3-10H. The van der Waals surface area contributed by atoms with Crippen LogP contribution in [0.2, 0.25) is 0 Å². The van der Waals surface area contributed by atoms with Gasteiger partial charge >= 0.3 is 0 Å². The minimum atomic E-state index is -3.38. The van der Waals surface area contributed by atoms with Crippen molar-refractivity contribution in [2.45, 2.75) is 9.79 Å². The molecule has 0 aliphatic rings. The van der Waals surface area contributed by atoms with Crippen molar-refractivity contribution in [1.82, 2.24) is 0 Å². The fraction of sp³-hybridized carbons (Fsp3) is 0. The highest BCUT2D eigenvalue weighted by Gasteiger charge is 2.15. The van der Waals surface area contributed by atoms with Gasteiger partial charge in [0.25, 0.3) is 0 Å². The molecule has 0 N–H and O–H groups in total. The molecule has 0 amide bonds. The second kappa shape index (κ2) is 3.87. The molecule has 0 atom stereocenters. The summed E-state index contributed by atoms with van der Waals surface area (Å²) in [4.78, 5) is 0.569. The van der Waals surface area contributed by atoms with Gasteiger partial charge in [-0.1, -0.05) is 24.3 Å². The molecule has 0 fully saturated rings. The van der Waals surface area contributed by atoms with E-state index in [2.05, 4.69) is 12.1 Å². The monoisotopic (exact) mass is 216 g/mol. The maximum absolute atomic E-state index is 12.0. The Balaban J connectivity index is 2.55. The van der Waals surface area contributed by atoms with Gasteiger partial charge in [-0.05, 0) is 36.4 Å². The second-order valence-electron chi connectivity index (χ2n) is 2.97. The van der Waals surface area contributed by atoms with Gasteiger partial charge in [0, 0.05) is 0 Å². The van der Waals surface area contributed by atoms with Crippen LogP contribution in [0.1, 0.15) is 0 Å². The Hall–Kier alpha value is -1.61. The molecule has 0 spiro atoms. The van der Waals surface area contributed by atoms with Crippen LogP contribution in [0.4, 0.5) is 0 Å². The summed E-state index contributed by atoms with van der Waals surface area (Å²) in [5.74, 6) is 0. The predicted octanol–water partition coefficient (Wildman–Crippen LogP) is 2.12. The van der Waals surface area contributed by atoms with Crippen molar-refractivity contribution in [3.8, 4) is 0 Å². The van der Waals surface area contributed by atoms with E-state index in [1.165, 1.54) is 24.3 Å². The van der Waals surface area contributed by atoms with Gasteiger partial charge in [0.1, 0.15) is 0 Å². The smallest absolute Gasteiger partial charge is 0.206 e. The Labute approximate surface area is 89.1 Å². The fourth-order valence-corrected chi connectivity index (χ4v) is 2.50. The van der Waals surface area contributed by atoms with Crippen molar-refractivity contribution >= 4 is 9.84 Å². The van der Waals surface area contributed by atoms with Crippen molar-refractivity contribution in [1.29, 1.82) is 0 Å². The molecule has 15 heavy (non-hydrogen) atoms. The molecule has 2 aromatic rings. The molecule has 0 saturated carbocycles. The first kappa shape index (κ1) is 9.93. The van der Waals surface area contributed by atoms with Gasteiger partial charge in [-0.25, -0.2) is 8.42 Å². The second-order valence-corrected chi connectivity index (χ2v) is 4.92. The lowest BCUT2D eigenvalue weighted by Gasteiger charge is -2.02. The van der Waals surface area contributed by atoms with E-state index >= 15 is 0 Å². The van der Waals surface area contributed by atoms with Gasteiger partial charge < -0.3 is 0 Å². The molecule has 74 valence electrons. The largest absolute Gasteiger partial charge is 0.219 e. The highest BCUT2D eigenvalue weighted by atomic mass is 32.2. The Bertz CT molecular complexity index is 485. The third-order valence-corrected chi connectivity index (χ3v) is 3.78. The van der Waals surface area contributed by atoms with Crippen molar-refractivity contribution in [2.24, 2.45) is 0 Å². The molecule has 0 saturated heterocycles. The summed E-state index contributed by atoms with van der Waals surface area (Å²) >= 11 is 0. The number of hydrogen-bond acceptors (Lipinski definition) is 2. The first-order chi connectivity index (χ1) is 7.21. The van der Waals surface area contributed by atoms with E-state index in [1.54, 1.807) is 24.3 Å². The van der Waals surface area contributed by atoms with Crippen LogP contribution in [0, 0.1) is 12.1 Å². The number of rotatable bonds is 2. The van der Waals surface area contributed by atoms with E-state index in [4.69, 9.17) is 0 Å². The molecule has 2 rings (SSSR count). The van der Waals surface area contributed by atoms with Crippen LogP contribution in [0.25, 0.3) is 0 Å². The van der Waals surface area contributed by atoms with Gasteiger partial charge in [-0.3, -0.25) is 0 Å². The first-order valence-corrected chi connectivity index (χ1v) is 5.87. The van der Waals surface area contributed by atoms with Crippen LogP contribution < -0.4 is 0 Å². The molecule has 2 radical (unpaired) electrons. The molecule has 0 heterocycles. The summed E-state index contributed by atoms with van der Waals surface area (Å²) < 4.78 is 24.0. The lowest BCUT2D eigenvalue weighted by molar-refractivity contribution is 0.596. The zero-order valence-electron chi connectivity index (χ0n) is 7.84. The van der Waals surface area contributed by atoms with Crippen molar-refractivity contribution in [3.05, 3.63) is 60.7 Å². The van der Waals surface area contributed by atoms with Gasteiger partial charge in [0.2, 0.25) is 9.84 Å². The highest BCUT2D eigenvalue weighted by molar-refractivity contribution is 7.91. The average Bonchev–Trinajstić information content (AvgIpc) is 2.31. The van der Waals surface area contributed by atoms with Crippen LogP contribution >= 0.6 is 0 Å². The first-order valence-electron chi connectivity index (χ1n) is 4.38. The van der Waals surface area contributed by atoms with Crippen LogP contribution in [-0.4, -0.2) is 8.42 Å². The molecule has 0 bridgehead atoms. The molecule has 2 nitrogen and oxygen atoms in total. The lowest BCUT2D eigenvalue weighted by Crippen LogP contribution is -2.00. The minimum Gasteiger partial charge on any atom is -0.219 e. The van der Waals surface area contributed by atoms with Gasteiger partial charge in [-0.2, -0.15) is 0 Å². The van der Waals surface area contributed by atoms with E-state index in [0.717, 1.165) is 0 Å². The van der Waals surface area contributed by atoms with Crippen molar-refractivity contribution in [3.63, 3.8) is 0 Å². The molecule has 2 aromatic carbocycles. The van der Waals surface area contributed by atoms with E-state index in [9.17, 15) is 8.42 Å². The molecular weight excluding hydrogens is 208 g/mol. The molecule has 0 aromatic heterocycles. The van der Waals surface area contributed by atoms with Crippen LogP contribution in [0.15, 0.2) is 58.3 Å². The minimum absolute atomic E-state index is 0.285. The van der Waals surface area contributed by atoms with E-state index in [-0.39, 0.29) is 9.79 Å². The quantitative estimate of drug-likeness (QED) is 0.770. The van der Waals surface area contributed by atoms with Gasteiger partial charge in [0.05, 0.1) is 9.79 Å². The summed E-state index contributed by atoms with van der Waals surface area (Å²) in [6, 6.07) is 18.0. The average molecular weight is 216 g/mol. The van der Waals surface area contributed by atoms with E-state index in [0.29, 0.717) is 0 Å². The summed E-state index contributed by atoms with van der Waals surface area (Å²) in [5.41, 5.74) is 0. The Kier molecular flexibility index (Phi) is 2.56. The fourth-order valence-electron chi connectivity index (χ4n) is 1.24. The van der Waals surface area contributed by atoms with E-state index < -0.39 is 9.84 Å². The van der Waals surface area contributed by atoms with Gasteiger partial charge in [-0.15, -0.1) is 0 Å². The predicted molar refractivity (Wildman–Crippen MR) is 56.0 cm³/mol. The lowest BCUT2D eigenvalue weighted by atomic mass is 10.4. The van der Waals surface area contributed by atoms with Crippen molar-refractivity contribution < 1.29 is 8.42 Å². The summed E-state index contributed by atoms with van der Waals surface area (Å²) in [6.45, 7) is 0. The number of benzene rings is 2. The van der Waals surface area contributed by atoms with E-state index in [1.807, 2.05) is 0 Å². The Morgan fingerprint density at radius 3 is 1.40 bits per heavy atom. The summed E-state index contributed by atoms with van der Waals surface area (Å²) in [6.07, 6.45) is 0. The third-order valence-electron chi connectivity index (χ3n) is 2.00. The number of hydrogen-bond donors (Lipinski definition) is 0. The molecule has 0 unspecified atom stereocenters. The maximum Gasteiger partial charge on any atom is 0.206 e. The van der Waals surface area contributed by atoms with Crippen LogP contribution in [0.5, 0.6) is 0 Å². The maximum atomic E-state index is 12.0. The zero-order chi connectivity index (χ0) is 10.7. The summed E-state index contributed by atoms with van der Waals surface area (Å²) in [5, 5.41) is 0. The normalized spacial score (nSPS) is 11.2. The molecular formula is C12H8O2S. The van der Waals surface area contributed by atoms with Crippen molar-refractivity contribution in [2.75, 3.05) is 0 Å². The zero-order valence-corrected chi connectivity index (χ0v) is 8.66. The SMILES string of the molecule is O=S(=O)(c1cc[c]cc1)c1cc[c]cc1. The molecule has 3 heteroatoms. The Morgan fingerprint density at radius 2 is 1.07 bits per heavy atom. The highest BCUT2D eigenvalue weighted by Crippen LogP contribution is 2.19. The number of sulfone groups is 1. The molecule has 0 aliphatic heterocycles. The van der Waals surface area contributed by atoms with Gasteiger partial charge in [0.15, 0.2) is 0 Å². The molecule has 0 aliphatic carbocycles. The Morgan fingerprint density at radius 1 is 0.733 bits per heavy atom. The van der Waals surface area contributed by atoms with Crippen LogP contribution in [-0.2, 0) is 9.84 Å². The summed E-state index contributed by atoms with van der Waals surface area (Å²) in [7, 11) is -3.38. The van der Waals surface area contributed by atoms with Crippen LogP contribution in [0.3, 0.4) is 0 Å². The topological polar surface area (TPSA) is 34.1 Å².